The maximum atomic E-state index is 12.4. The number of carbonyl (C=O) groups excluding carboxylic acids is 1. The summed E-state index contributed by atoms with van der Waals surface area (Å²) < 4.78 is 0. The van der Waals surface area contributed by atoms with Crippen LogP contribution in [0.5, 0.6) is 0 Å². The summed E-state index contributed by atoms with van der Waals surface area (Å²) in [6.45, 7) is 3.10. The molecule has 0 radical (unpaired) electrons. The Morgan fingerprint density at radius 1 is 1.26 bits per heavy atom. The summed E-state index contributed by atoms with van der Waals surface area (Å²) in [4.78, 5) is 27.5. The zero-order valence-corrected chi connectivity index (χ0v) is 13.5. The third-order valence-corrected chi connectivity index (χ3v) is 5.01. The number of likely N-dealkylation sites (tertiary alicyclic amines) is 1. The largest absolute Gasteiger partial charge is 0.480 e. The van der Waals surface area contributed by atoms with E-state index in [1.54, 1.807) is 4.90 Å². The number of piperidine rings is 1. The Labute approximate surface area is 135 Å². The molecule has 1 aromatic heterocycles. The van der Waals surface area contributed by atoms with E-state index < -0.39 is 11.4 Å². The molecule has 1 aliphatic carbocycles. The zero-order chi connectivity index (χ0) is 16.6. The number of aliphatic carboxylic acids is 1. The van der Waals surface area contributed by atoms with E-state index in [2.05, 4.69) is 15.1 Å². The first-order valence-corrected chi connectivity index (χ1v) is 8.00. The number of carboxylic acids is 1. The van der Waals surface area contributed by atoms with Crippen molar-refractivity contribution in [2.24, 2.45) is 5.41 Å². The van der Waals surface area contributed by atoms with Gasteiger partial charge in [-0.1, -0.05) is 0 Å². The molecule has 0 spiro atoms. The van der Waals surface area contributed by atoms with Crippen molar-refractivity contribution in [3.63, 3.8) is 0 Å². The van der Waals surface area contributed by atoms with Crippen LogP contribution in [0.1, 0.15) is 31.4 Å². The van der Waals surface area contributed by atoms with E-state index in [9.17, 15) is 14.7 Å². The lowest BCUT2D eigenvalue weighted by Crippen LogP contribution is -2.49. The van der Waals surface area contributed by atoms with Gasteiger partial charge >= 0.3 is 5.97 Å². The minimum absolute atomic E-state index is 0.207. The number of anilines is 1. The summed E-state index contributed by atoms with van der Waals surface area (Å²) in [6, 6.07) is 4.17. The highest BCUT2D eigenvalue weighted by molar-refractivity contribution is 6.04. The molecule has 1 saturated carbocycles. The first-order valence-electron chi connectivity index (χ1n) is 8.00. The van der Waals surface area contributed by atoms with E-state index in [4.69, 9.17) is 0 Å². The van der Waals surface area contributed by atoms with Gasteiger partial charge in [0, 0.05) is 26.2 Å². The third-order valence-electron chi connectivity index (χ3n) is 5.01. The Bertz CT molecular complexity index is 604. The SMILES string of the molecule is Cc1ccc(N(C)C2CCN(C(=O)C3(C(=O)O)CC3)CC2)nn1. The lowest BCUT2D eigenvalue weighted by Gasteiger charge is -2.38. The molecular weight excluding hydrogens is 296 g/mol. The molecule has 1 amide bonds. The first kappa shape index (κ1) is 15.7. The van der Waals surface area contributed by atoms with Crippen LogP contribution in [0.4, 0.5) is 5.82 Å². The second kappa shape index (κ2) is 5.79. The van der Waals surface area contributed by atoms with Gasteiger partial charge in [-0.25, -0.2) is 0 Å². The summed E-state index contributed by atoms with van der Waals surface area (Å²) in [5.41, 5.74) is -0.243. The Morgan fingerprint density at radius 3 is 2.39 bits per heavy atom. The average molecular weight is 318 g/mol. The molecule has 2 heterocycles. The maximum absolute atomic E-state index is 12.4. The molecule has 3 rings (SSSR count). The molecule has 7 heteroatoms. The Kier molecular flexibility index (Phi) is 3.95. The number of amides is 1. The standard InChI is InChI=1S/C16H22N4O3/c1-11-3-4-13(18-17-11)19(2)12-5-9-20(10-6-12)14(21)16(7-8-16)15(22)23/h3-4,12H,5-10H2,1-2H3,(H,22,23). The minimum Gasteiger partial charge on any atom is -0.480 e. The second-order valence-electron chi connectivity index (χ2n) is 6.55. The van der Waals surface area contributed by atoms with Gasteiger partial charge in [-0.2, -0.15) is 5.10 Å². The number of hydrogen-bond acceptors (Lipinski definition) is 5. The molecule has 0 bridgehead atoms. The molecule has 1 aliphatic heterocycles. The van der Waals surface area contributed by atoms with E-state index in [-0.39, 0.29) is 11.9 Å². The monoisotopic (exact) mass is 318 g/mol. The smallest absolute Gasteiger partial charge is 0.319 e. The summed E-state index contributed by atoms with van der Waals surface area (Å²) in [7, 11) is 1.99. The van der Waals surface area contributed by atoms with E-state index in [0.717, 1.165) is 24.4 Å². The summed E-state index contributed by atoms with van der Waals surface area (Å²) in [6.07, 6.45) is 2.57. The van der Waals surface area contributed by atoms with Crippen LogP contribution in [0.25, 0.3) is 0 Å². The summed E-state index contributed by atoms with van der Waals surface area (Å²) >= 11 is 0. The lowest BCUT2D eigenvalue weighted by atomic mass is 9.99. The van der Waals surface area contributed by atoms with E-state index in [1.165, 1.54) is 0 Å². The predicted octanol–water partition coefficient (Wildman–Crippen LogP) is 1.08. The molecule has 2 aliphatic rings. The van der Waals surface area contributed by atoms with Crippen LogP contribution >= 0.6 is 0 Å². The third kappa shape index (κ3) is 2.87. The van der Waals surface area contributed by atoms with Gasteiger partial charge in [-0.15, -0.1) is 5.10 Å². The van der Waals surface area contributed by atoms with Crippen LogP contribution in [0.2, 0.25) is 0 Å². The number of carboxylic acid groups (broad SMARTS) is 1. The van der Waals surface area contributed by atoms with Gasteiger partial charge in [-0.05, 0) is 44.7 Å². The molecule has 7 nitrogen and oxygen atoms in total. The molecule has 124 valence electrons. The van der Waals surface area contributed by atoms with Crippen LogP contribution in [0.15, 0.2) is 12.1 Å². The lowest BCUT2D eigenvalue weighted by molar-refractivity contribution is -0.153. The van der Waals surface area contributed by atoms with Gasteiger partial charge in [0.2, 0.25) is 5.91 Å². The molecule has 1 saturated heterocycles. The molecular formula is C16H22N4O3. The highest BCUT2D eigenvalue weighted by Gasteiger charge is 2.58. The van der Waals surface area contributed by atoms with Gasteiger partial charge in [0.15, 0.2) is 5.82 Å². The van der Waals surface area contributed by atoms with Crippen molar-refractivity contribution in [3.8, 4) is 0 Å². The Balaban J connectivity index is 1.59. The molecule has 2 fully saturated rings. The van der Waals surface area contributed by atoms with Gasteiger partial charge in [0.1, 0.15) is 5.41 Å². The Morgan fingerprint density at radius 2 is 1.91 bits per heavy atom. The molecule has 0 aromatic carbocycles. The number of aromatic nitrogens is 2. The van der Waals surface area contributed by atoms with Crippen molar-refractivity contribution in [2.75, 3.05) is 25.0 Å². The summed E-state index contributed by atoms with van der Waals surface area (Å²) in [5.74, 6) is -0.359. The highest BCUT2D eigenvalue weighted by atomic mass is 16.4. The fourth-order valence-electron chi connectivity index (χ4n) is 3.17. The van der Waals surface area contributed by atoms with Crippen molar-refractivity contribution in [1.29, 1.82) is 0 Å². The number of rotatable bonds is 4. The number of hydrogen-bond donors (Lipinski definition) is 1. The van der Waals surface area contributed by atoms with E-state index in [0.29, 0.717) is 25.9 Å². The van der Waals surface area contributed by atoms with Crippen LogP contribution in [-0.2, 0) is 9.59 Å². The van der Waals surface area contributed by atoms with Crippen LogP contribution in [0, 0.1) is 12.3 Å². The van der Waals surface area contributed by atoms with E-state index >= 15 is 0 Å². The number of nitrogens with zero attached hydrogens (tertiary/aromatic N) is 4. The van der Waals surface area contributed by atoms with Crippen molar-refractivity contribution >= 4 is 17.7 Å². The fourth-order valence-corrected chi connectivity index (χ4v) is 3.17. The molecule has 0 unspecified atom stereocenters. The van der Waals surface area contributed by atoms with Gasteiger partial charge in [0.25, 0.3) is 0 Å². The molecule has 0 atom stereocenters. The van der Waals surface area contributed by atoms with Gasteiger partial charge < -0.3 is 14.9 Å². The molecule has 1 aromatic rings. The highest BCUT2D eigenvalue weighted by Crippen LogP contribution is 2.47. The molecule has 23 heavy (non-hydrogen) atoms. The maximum Gasteiger partial charge on any atom is 0.319 e. The first-order chi connectivity index (χ1) is 10.9. The number of carbonyl (C=O) groups is 2. The fraction of sp³-hybridized carbons (Fsp3) is 0.625. The van der Waals surface area contributed by atoms with Gasteiger partial charge in [-0.3, -0.25) is 9.59 Å². The van der Waals surface area contributed by atoms with Crippen molar-refractivity contribution in [3.05, 3.63) is 17.8 Å². The topological polar surface area (TPSA) is 86.6 Å². The predicted molar refractivity (Wildman–Crippen MR) is 84.1 cm³/mol. The second-order valence-corrected chi connectivity index (χ2v) is 6.55. The van der Waals surface area contributed by atoms with E-state index in [1.807, 2.05) is 26.1 Å². The average Bonchev–Trinajstić information content (AvgIpc) is 3.36. The number of aryl methyl sites for hydroxylation is 1. The van der Waals surface area contributed by atoms with Crippen LogP contribution in [0.3, 0.4) is 0 Å². The van der Waals surface area contributed by atoms with Crippen molar-refractivity contribution in [2.45, 2.75) is 38.6 Å². The van der Waals surface area contributed by atoms with Crippen LogP contribution in [-0.4, -0.2) is 58.3 Å². The van der Waals surface area contributed by atoms with Crippen LogP contribution < -0.4 is 4.90 Å². The van der Waals surface area contributed by atoms with Crippen molar-refractivity contribution in [1.82, 2.24) is 15.1 Å². The summed E-state index contributed by atoms with van der Waals surface area (Å²) in [5, 5.41) is 17.5. The normalized spacial score (nSPS) is 20.2. The van der Waals surface area contributed by atoms with Gasteiger partial charge in [0.05, 0.1) is 5.69 Å². The minimum atomic E-state index is -1.12. The zero-order valence-electron chi connectivity index (χ0n) is 13.5. The Hall–Kier alpha value is -2.18. The molecule has 1 N–H and O–H groups in total. The van der Waals surface area contributed by atoms with Crippen molar-refractivity contribution < 1.29 is 14.7 Å². The quantitative estimate of drug-likeness (QED) is 0.836.